The fourth-order valence-corrected chi connectivity index (χ4v) is 7.65. The van der Waals surface area contributed by atoms with Gasteiger partial charge in [-0.3, -0.25) is 0 Å². The van der Waals surface area contributed by atoms with Gasteiger partial charge in [-0.15, -0.1) is 34.4 Å². The molecule has 0 fully saturated rings. The molecule has 0 atom stereocenters. The first-order chi connectivity index (χ1) is 24.3. The Morgan fingerprint density at radius 1 is 0.596 bits per heavy atom. The molecule has 4 heterocycles. The number of thiol groups is 1. The van der Waals surface area contributed by atoms with Gasteiger partial charge in [0.25, 0.3) is 0 Å². The van der Waals surface area contributed by atoms with Crippen LogP contribution in [0, 0.1) is 3.57 Å². The number of hydrogen-bond acceptors (Lipinski definition) is 12. The van der Waals surface area contributed by atoms with Gasteiger partial charge in [-0.2, -0.15) is 12.6 Å². The van der Waals surface area contributed by atoms with E-state index in [2.05, 4.69) is 160 Å². The van der Waals surface area contributed by atoms with Crippen LogP contribution in [0.25, 0.3) is 42.2 Å². The molecule has 0 aliphatic carbocycles. The third kappa shape index (κ3) is 10.9. The number of rotatable bonds is 5. The number of benzene rings is 4. The maximum absolute atomic E-state index is 4.46. The van der Waals surface area contributed by atoms with Crippen molar-refractivity contribution in [1.29, 1.82) is 0 Å². The zero-order chi connectivity index (χ0) is 36.2. The lowest BCUT2D eigenvalue weighted by atomic mass is 10.2. The predicted molar refractivity (Wildman–Crippen MR) is 239 cm³/mol. The quantitative estimate of drug-likeness (QED) is 0.0886. The van der Waals surface area contributed by atoms with Crippen molar-refractivity contribution in [2.24, 2.45) is 0 Å². The topological polar surface area (TPSA) is 101 Å². The third-order valence-corrected chi connectivity index (χ3v) is 10.2. The Bertz CT molecular complexity index is 2430. The first kappa shape index (κ1) is 39.6. The minimum Gasteiger partial charge on any atom is -0.340 e. The van der Waals surface area contributed by atoms with Gasteiger partial charge >= 0.3 is 0 Å². The summed E-state index contributed by atoms with van der Waals surface area (Å²) in [5, 5.41) is 8.83. The van der Waals surface area contributed by atoms with Crippen molar-refractivity contribution in [2.75, 3.05) is 10.6 Å². The van der Waals surface area contributed by atoms with Crippen LogP contribution in [0.1, 0.15) is 49.0 Å². The van der Waals surface area contributed by atoms with Crippen molar-refractivity contribution >= 4 is 135 Å². The summed E-state index contributed by atoms with van der Waals surface area (Å²) in [5.74, 6) is 1.63. The number of aromatic nitrogens is 6. The van der Waals surface area contributed by atoms with Gasteiger partial charge in [0.2, 0.25) is 0 Å². The van der Waals surface area contributed by atoms with E-state index in [9.17, 15) is 0 Å². The molecular formula is C39H41IN8S4. The van der Waals surface area contributed by atoms with Crippen LogP contribution >= 0.6 is 69.7 Å². The van der Waals surface area contributed by atoms with E-state index >= 15 is 0 Å². The Morgan fingerprint density at radius 3 is 1.58 bits per heavy atom. The van der Waals surface area contributed by atoms with Crippen LogP contribution in [-0.4, -0.2) is 39.4 Å². The van der Waals surface area contributed by atoms with E-state index in [1.165, 1.54) is 14.3 Å². The molecule has 0 bridgehead atoms. The Balaban J connectivity index is 0.000000177. The van der Waals surface area contributed by atoms with E-state index < -0.39 is 0 Å². The molecule has 2 N–H and O–H groups in total. The second-order valence-corrected chi connectivity index (χ2v) is 19.8. The number of nitrogens with zero attached hydrogens (tertiary/aromatic N) is 6. The van der Waals surface area contributed by atoms with Gasteiger partial charge < -0.3 is 10.6 Å². The van der Waals surface area contributed by atoms with Crippen molar-refractivity contribution in [3.63, 3.8) is 0 Å². The molecule has 4 aromatic carbocycles. The molecule has 0 saturated heterocycles. The lowest BCUT2D eigenvalue weighted by Crippen LogP contribution is -2.06. The summed E-state index contributed by atoms with van der Waals surface area (Å²) in [6.07, 6.45) is 3.18. The van der Waals surface area contributed by atoms with Crippen LogP contribution in [0.3, 0.4) is 0 Å². The van der Waals surface area contributed by atoms with Gasteiger partial charge in [0, 0.05) is 40.1 Å². The van der Waals surface area contributed by atoms with Crippen LogP contribution in [0.5, 0.6) is 0 Å². The molecule has 0 aliphatic heterocycles. The van der Waals surface area contributed by atoms with Gasteiger partial charge in [0.15, 0.2) is 0 Å². The zero-order valence-corrected chi connectivity index (χ0v) is 34.5. The summed E-state index contributed by atoms with van der Waals surface area (Å²) in [7, 11) is 0. The summed E-state index contributed by atoms with van der Waals surface area (Å²) in [5.41, 5.74) is 9.55. The number of nitrogens with one attached hydrogen (secondary N) is 2. The number of thiazole rings is 2. The average molecular weight is 877 g/mol. The van der Waals surface area contributed by atoms with Crippen LogP contribution in [-0.2, 0) is 0 Å². The fraction of sp³-hybridized carbons (Fsp3) is 0.231. The van der Waals surface area contributed by atoms with E-state index in [-0.39, 0.29) is 16.9 Å². The number of fused-ring (bicyclic) bond motifs is 4. The maximum atomic E-state index is 4.46. The van der Waals surface area contributed by atoms with Gasteiger partial charge in [-0.05, 0) is 95.4 Å². The van der Waals surface area contributed by atoms with E-state index in [0.29, 0.717) is 0 Å². The second-order valence-electron chi connectivity index (χ2n) is 13.5. The molecule has 8 nitrogen and oxygen atoms in total. The summed E-state index contributed by atoms with van der Waals surface area (Å²) in [4.78, 5) is 27.5. The highest BCUT2D eigenvalue weighted by Gasteiger charge is 2.14. The fourth-order valence-electron chi connectivity index (χ4n) is 4.83. The average Bonchev–Trinajstić information content (AvgIpc) is 3.73. The molecule has 268 valence electrons. The molecule has 0 aliphatic rings. The van der Waals surface area contributed by atoms with Crippen LogP contribution in [0.2, 0.25) is 0 Å². The molecule has 13 heteroatoms. The SMILES string of the molecule is C.CC(C)(C)S.CC(C)(C)Sc1ccc2ncnc(Nc3ccc4scnc4c3)c2c1.Ic1ccc2ncnc(Nc3ccc4scnc4c3)c2c1. The summed E-state index contributed by atoms with van der Waals surface area (Å²) < 4.78 is 3.88. The van der Waals surface area contributed by atoms with E-state index in [1.807, 2.05) is 53.1 Å². The Morgan fingerprint density at radius 2 is 1.08 bits per heavy atom. The molecule has 52 heavy (non-hydrogen) atoms. The summed E-state index contributed by atoms with van der Waals surface area (Å²) in [6.45, 7) is 12.8. The number of thioether (sulfide) groups is 1. The first-order valence-corrected chi connectivity index (χ1v) is 20.1. The summed E-state index contributed by atoms with van der Waals surface area (Å²) in [6, 6.07) is 24.8. The van der Waals surface area contributed by atoms with E-state index in [4.69, 9.17) is 0 Å². The standard InChI is InChI=1S/C19H18N4S2.C15H9IN4S.C4H10S.CH4/c1-19(2,3)25-13-5-6-15-14(9-13)18(21-10-20-15)23-12-4-7-17-16(8-12)22-11-24-17;16-9-1-3-12-11(5-9)15(18-7-17-12)20-10-2-4-14-13(6-10)19-8-21-14;1-4(2,3)5;/h4-11H,1-3H3,(H,20,21,23);1-8H,(H,17,18,20);5H,1-3H3;1H4. The van der Waals surface area contributed by atoms with Crippen molar-refractivity contribution in [1.82, 2.24) is 29.9 Å². The van der Waals surface area contributed by atoms with Gasteiger partial charge in [0.05, 0.1) is 42.5 Å². The van der Waals surface area contributed by atoms with Crippen LogP contribution < -0.4 is 10.6 Å². The monoisotopic (exact) mass is 876 g/mol. The zero-order valence-electron chi connectivity index (χ0n) is 29.0. The van der Waals surface area contributed by atoms with Crippen LogP contribution in [0.15, 0.2) is 101 Å². The van der Waals surface area contributed by atoms with Crippen molar-refractivity contribution < 1.29 is 0 Å². The minimum atomic E-state index is 0. The molecule has 0 saturated carbocycles. The highest BCUT2D eigenvalue weighted by atomic mass is 127. The van der Waals surface area contributed by atoms with Crippen LogP contribution in [0.4, 0.5) is 23.0 Å². The largest absolute Gasteiger partial charge is 0.340 e. The first-order valence-electron chi connectivity index (χ1n) is 16.0. The lowest BCUT2D eigenvalue weighted by Gasteiger charge is -2.18. The Hall–Kier alpha value is -3.63. The van der Waals surface area contributed by atoms with E-state index in [1.54, 1.807) is 35.3 Å². The van der Waals surface area contributed by atoms with Crippen molar-refractivity contribution in [3.05, 3.63) is 100 Å². The molecular weight excluding hydrogens is 836 g/mol. The number of anilines is 4. The minimum absolute atomic E-state index is 0. The van der Waals surface area contributed by atoms with Gasteiger partial charge in [-0.25, -0.2) is 29.9 Å². The third-order valence-electron chi connectivity index (χ3n) is 6.81. The van der Waals surface area contributed by atoms with Crippen molar-refractivity contribution in [3.8, 4) is 0 Å². The molecule has 0 unspecified atom stereocenters. The number of hydrogen-bond donors (Lipinski definition) is 3. The molecule has 8 aromatic rings. The molecule has 0 amide bonds. The number of halogens is 1. The normalized spacial score (nSPS) is 11.4. The predicted octanol–water partition coefficient (Wildman–Crippen LogP) is 12.8. The van der Waals surface area contributed by atoms with Crippen molar-refractivity contribution in [2.45, 2.75) is 63.4 Å². The Labute approximate surface area is 336 Å². The van der Waals surface area contributed by atoms with E-state index in [0.717, 1.165) is 59.4 Å². The van der Waals surface area contributed by atoms with Gasteiger partial charge in [0.1, 0.15) is 24.3 Å². The molecule has 0 spiro atoms. The van der Waals surface area contributed by atoms with Gasteiger partial charge in [-0.1, -0.05) is 49.0 Å². The molecule has 8 rings (SSSR count). The molecule has 0 radical (unpaired) electrons. The Kier molecular flexibility index (Phi) is 12.9. The maximum Gasteiger partial charge on any atom is 0.141 e. The smallest absolute Gasteiger partial charge is 0.141 e. The molecule has 4 aromatic heterocycles. The second kappa shape index (κ2) is 17.0. The summed E-state index contributed by atoms with van der Waals surface area (Å²) >= 11 is 11.5. The highest BCUT2D eigenvalue weighted by molar-refractivity contribution is 14.1. The lowest BCUT2D eigenvalue weighted by molar-refractivity contribution is 0.803. The highest BCUT2D eigenvalue weighted by Crippen LogP contribution is 2.35.